The zero-order valence-electron chi connectivity index (χ0n) is 16.1. The van der Waals surface area contributed by atoms with Crippen molar-refractivity contribution in [1.82, 2.24) is 9.80 Å². The van der Waals surface area contributed by atoms with Crippen molar-refractivity contribution in [3.63, 3.8) is 0 Å². The highest BCUT2D eigenvalue weighted by atomic mass is 16.2. The number of hydrogen-bond donors (Lipinski definition) is 1. The number of nitrogens with two attached hydrogens (primary N) is 1. The molecule has 2 amide bonds. The summed E-state index contributed by atoms with van der Waals surface area (Å²) in [5.41, 5.74) is 6.25. The summed E-state index contributed by atoms with van der Waals surface area (Å²) in [4.78, 5) is 28.5. The van der Waals surface area contributed by atoms with E-state index in [1.165, 1.54) is 38.5 Å². The average Bonchev–Trinajstić information content (AvgIpc) is 2.90. The third-order valence-corrected chi connectivity index (χ3v) is 5.10. The van der Waals surface area contributed by atoms with Gasteiger partial charge in [0.05, 0.1) is 0 Å². The molecule has 2 rings (SSSR count). The molecule has 1 heterocycles. The Morgan fingerprint density at radius 2 is 1.69 bits per heavy atom. The maximum atomic E-state index is 12.8. The van der Waals surface area contributed by atoms with Crippen LogP contribution in [0.1, 0.15) is 72.6 Å². The van der Waals surface area contributed by atoms with Gasteiger partial charge in [-0.1, -0.05) is 45.1 Å². The molecule has 0 unspecified atom stereocenters. The molecule has 1 aromatic rings. The van der Waals surface area contributed by atoms with Crippen molar-refractivity contribution in [3.8, 4) is 0 Å². The van der Waals surface area contributed by atoms with Crippen LogP contribution < -0.4 is 5.73 Å². The van der Waals surface area contributed by atoms with E-state index in [9.17, 15) is 9.59 Å². The second-order valence-electron chi connectivity index (χ2n) is 7.20. The van der Waals surface area contributed by atoms with Crippen molar-refractivity contribution < 1.29 is 9.59 Å². The summed E-state index contributed by atoms with van der Waals surface area (Å²) < 4.78 is 0. The van der Waals surface area contributed by atoms with Gasteiger partial charge in [-0.25, -0.2) is 0 Å². The second-order valence-corrected chi connectivity index (χ2v) is 7.20. The molecule has 1 saturated heterocycles. The standard InChI is InChI=1S/C21H33N3O2/c1-2-3-4-5-6-7-12-23-13-9-14-24(16-15-23)21(26)19-11-8-10-18(17-19)20(22)25/h8,10-11,17H,2-7,9,12-16H2,1H3,(H2,22,25). The van der Waals surface area contributed by atoms with E-state index in [-0.39, 0.29) is 5.91 Å². The molecule has 0 radical (unpaired) electrons. The van der Waals surface area contributed by atoms with Crippen LogP contribution in [0.15, 0.2) is 24.3 Å². The van der Waals surface area contributed by atoms with Gasteiger partial charge in [0.15, 0.2) is 0 Å². The van der Waals surface area contributed by atoms with Crippen LogP contribution in [0.4, 0.5) is 0 Å². The van der Waals surface area contributed by atoms with Crippen molar-refractivity contribution in [2.75, 3.05) is 32.7 Å². The molecule has 1 fully saturated rings. The molecule has 26 heavy (non-hydrogen) atoms. The molecule has 1 aromatic carbocycles. The third kappa shape index (κ3) is 6.45. The van der Waals surface area contributed by atoms with Crippen molar-refractivity contribution in [1.29, 1.82) is 0 Å². The lowest BCUT2D eigenvalue weighted by molar-refractivity contribution is 0.0761. The Kier molecular flexibility index (Phi) is 8.62. The monoisotopic (exact) mass is 359 g/mol. The minimum absolute atomic E-state index is 0.00508. The number of benzene rings is 1. The van der Waals surface area contributed by atoms with Gasteiger partial charge < -0.3 is 15.5 Å². The fourth-order valence-corrected chi connectivity index (χ4v) is 3.50. The van der Waals surface area contributed by atoms with Crippen LogP contribution in [0.2, 0.25) is 0 Å². The Balaban J connectivity index is 1.79. The van der Waals surface area contributed by atoms with Crippen LogP contribution in [0, 0.1) is 0 Å². The lowest BCUT2D eigenvalue weighted by atomic mass is 10.1. The van der Waals surface area contributed by atoms with E-state index in [1.807, 2.05) is 4.90 Å². The molecule has 0 spiro atoms. The van der Waals surface area contributed by atoms with Crippen LogP contribution in [0.3, 0.4) is 0 Å². The van der Waals surface area contributed by atoms with Crippen LogP contribution in [-0.4, -0.2) is 54.3 Å². The highest BCUT2D eigenvalue weighted by Crippen LogP contribution is 2.12. The van der Waals surface area contributed by atoms with E-state index in [2.05, 4.69) is 11.8 Å². The van der Waals surface area contributed by atoms with Crippen molar-refractivity contribution in [2.24, 2.45) is 5.73 Å². The first-order valence-electron chi connectivity index (χ1n) is 10.0. The first-order chi connectivity index (χ1) is 12.6. The summed E-state index contributed by atoms with van der Waals surface area (Å²) in [6.45, 7) is 6.87. The van der Waals surface area contributed by atoms with Crippen LogP contribution in [-0.2, 0) is 0 Å². The highest BCUT2D eigenvalue weighted by molar-refractivity contribution is 5.99. The topological polar surface area (TPSA) is 66.6 Å². The van der Waals surface area contributed by atoms with Gasteiger partial charge in [-0.3, -0.25) is 9.59 Å². The number of amides is 2. The Bertz CT molecular complexity index is 588. The molecule has 144 valence electrons. The predicted octanol–water partition coefficient (Wildman–Crippen LogP) is 3.29. The highest BCUT2D eigenvalue weighted by Gasteiger charge is 2.20. The van der Waals surface area contributed by atoms with Gasteiger partial charge in [0.25, 0.3) is 5.91 Å². The molecule has 0 saturated carbocycles. The minimum atomic E-state index is -0.499. The lowest BCUT2D eigenvalue weighted by Crippen LogP contribution is -2.35. The first-order valence-corrected chi connectivity index (χ1v) is 10.0. The van der Waals surface area contributed by atoms with E-state index in [0.717, 1.165) is 39.1 Å². The first kappa shape index (κ1) is 20.4. The normalized spacial score (nSPS) is 15.7. The fourth-order valence-electron chi connectivity index (χ4n) is 3.50. The van der Waals surface area contributed by atoms with Gasteiger partial charge in [-0.05, 0) is 44.1 Å². The summed E-state index contributed by atoms with van der Waals surface area (Å²) in [7, 11) is 0. The molecule has 0 aliphatic carbocycles. The summed E-state index contributed by atoms with van der Waals surface area (Å²) in [6, 6.07) is 6.72. The molecular weight excluding hydrogens is 326 g/mol. The van der Waals surface area contributed by atoms with Gasteiger partial charge in [-0.2, -0.15) is 0 Å². The molecule has 5 heteroatoms. The molecular formula is C21H33N3O2. The molecule has 1 aliphatic heterocycles. The fraction of sp³-hybridized carbons (Fsp3) is 0.619. The largest absolute Gasteiger partial charge is 0.366 e. The second kappa shape index (κ2) is 11.0. The summed E-state index contributed by atoms with van der Waals surface area (Å²) in [5, 5.41) is 0. The molecule has 0 bridgehead atoms. The van der Waals surface area contributed by atoms with Crippen LogP contribution in [0.25, 0.3) is 0 Å². The number of rotatable bonds is 9. The molecule has 0 aromatic heterocycles. The Hall–Kier alpha value is -1.88. The van der Waals surface area contributed by atoms with Gasteiger partial charge >= 0.3 is 0 Å². The van der Waals surface area contributed by atoms with Gasteiger partial charge in [0, 0.05) is 30.8 Å². The zero-order chi connectivity index (χ0) is 18.8. The number of hydrogen-bond acceptors (Lipinski definition) is 3. The Morgan fingerprint density at radius 3 is 2.46 bits per heavy atom. The van der Waals surface area contributed by atoms with E-state index < -0.39 is 5.91 Å². The van der Waals surface area contributed by atoms with Crippen molar-refractivity contribution in [3.05, 3.63) is 35.4 Å². The molecule has 0 atom stereocenters. The van der Waals surface area contributed by atoms with Crippen LogP contribution in [0.5, 0.6) is 0 Å². The maximum Gasteiger partial charge on any atom is 0.253 e. The summed E-state index contributed by atoms with van der Waals surface area (Å²) in [6.07, 6.45) is 8.87. The maximum absolute atomic E-state index is 12.8. The number of carbonyl (C=O) groups excluding carboxylic acids is 2. The lowest BCUT2D eigenvalue weighted by Gasteiger charge is -2.22. The third-order valence-electron chi connectivity index (χ3n) is 5.10. The van der Waals surface area contributed by atoms with E-state index in [0.29, 0.717) is 11.1 Å². The van der Waals surface area contributed by atoms with Crippen molar-refractivity contribution >= 4 is 11.8 Å². The summed E-state index contributed by atoms with van der Waals surface area (Å²) in [5.74, 6) is -0.504. The average molecular weight is 360 g/mol. The SMILES string of the molecule is CCCCCCCCN1CCCN(C(=O)c2cccc(C(N)=O)c2)CC1. The number of carbonyl (C=O) groups is 2. The van der Waals surface area contributed by atoms with Crippen LogP contribution >= 0.6 is 0 Å². The Labute approximate surface area is 157 Å². The summed E-state index contributed by atoms with van der Waals surface area (Å²) >= 11 is 0. The molecule has 2 N–H and O–H groups in total. The number of primary amides is 1. The van der Waals surface area contributed by atoms with E-state index >= 15 is 0 Å². The van der Waals surface area contributed by atoms with Gasteiger partial charge in [0.1, 0.15) is 0 Å². The molecule has 5 nitrogen and oxygen atoms in total. The smallest absolute Gasteiger partial charge is 0.253 e. The van der Waals surface area contributed by atoms with E-state index in [1.54, 1.807) is 24.3 Å². The van der Waals surface area contributed by atoms with Gasteiger partial charge in [0.2, 0.25) is 5.91 Å². The van der Waals surface area contributed by atoms with Gasteiger partial charge in [-0.15, -0.1) is 0 Å². The number of nitrogens with zero attached hydrogens (tertiary/aromatic N) is 2. The zero-order valence-corrected chi connectivity index (χ0v) is 16.1. The van der Waals surface area contributed by atoms with E-state index in [4.69, 9.17) is 5.73 Å². The Morgan fingerprint density at radius 1 is 0.962 bits per heavy atom. The van der Waals surface area contributed by atoms with Crippen molar-refractivity contribution in [2.45, 2.75) is 51.9 Å². The quantitative estimate of drug-likeness (QED) is 0.688. The molecule has 1 aliphatic rings. The predicted molar refractivity (Wildman–Crippen MR) is 105 cm³/mol. The minimum Gasteiger partial charge on any atom is -0.366 e. The number of unbranched alkanes of at least 4 members (excludes halogenated alkanes) is 5.